The van der Waals surface area contributed by atoms with Crippen molar-refractivity contribution in [1.29, 1.82) is 0 Å². The third-order valence-corrected chi connectivity index (χ3v) is 12.2. The Bertz CT molecular complexity index is 653. The van der Waals surface area contributed by atoms with Crippen LogP contribution >= 0.6 is 0 Å². The standard InChI is InChI=1S/C30H52O/c1-8-10-11-12-21(3)23-14-15-24-22-13-16-26-28(4,9-2)27(31-7)18-20-30(26,6)25(22)17-19-29(23,24)5/h8,10,21-27H,9,11-20H2,1-7H3/b10-8-. The zero-order valence-electron chi connectivity index (χ0n) is 21.9. The van der Waals surface area contributed by atoms with Crippen molar-refractivity contribution in [2.45, 2.75) is 118 Å². The van der Waals surface area contributed by atoms with Crippen molar-refractivity contribution in [1.82, 2.24) is 0 Å². The molecule has 10 unspecified atom stereocenters. The first-order valence-corrected chi connectivity index (χ1v) is 13.9. The van der Waals surface area contributed by atoms with Gasteiger partial charge in [-0.25, -0.2) is 0 Å². The average molecular weight is 429 g/mol. The first-order chi connectivity index (χ1) is 14.8. The van der Waals surface area contributed by atoms with Gasteiger partial charge in [-0.2, -0.15) is 0 Å². The Morgan fingerprint density at radius 1 is 0.935 bits per heavy atom. The lowest BCUT2D eigenvalue weighted by Crippen LogP contribution is -2.60. The zero-order valence-corrected chi connectivity index (χ0v) is 21.9. The van der Waals surface area contributed by atoms with Gasteiger partial charge in [0.25, 0.3) is 0 Å². The smallest absolute Gasteiger partial charge is 0.0627 e. The van der Waals surface area contributed by atoms with E-state index in [0.717, 1.165) is 35.5 Å². The lowest BCUT2D eigenvalue weighted by atomic mass is 9.40. The number of hydrogen-bond donors (Lipinski definition) is 0. The number of ether oxygens (including phenoxy) is 1. The maximum Gasteiger partial charge on any atom is 0.0627 e. The summed E-state index contributed by atoms with van der Waals surface area (Å²) in [5.41, 5.74) is 1.52. The Balaban J connectivity index is 1.55. The maximum atomic E-state index is 6.09. The van der Waals surface area contributed by atoms with E-state index in [1.165, 1.54) is 70.6 Å². The molecular weight excluding hydrogens is 376 g/mol. The molecule has 0 heterocycles. The van der Waals surface area contributed by atoms with Gasteiger partial charge in [-0.1, -0.05) is 46.8 Å². The first-order valence-electron chi connectivity index (χ1n) is 13.9. The highest BCUT2D eigenvalue weighted by molar-refractivity contribution is 5.13. The molecule has 10 atom stereocenters. The van der Waals surface area contributed by atoms with Crippen molar-refractivity contribution in [3.63, 3.8) is 0 Å². The van der Waals surface area contributed by atoms with Gasteiger partial charge < -0.3 is 4.74 Å². The van der Waals surface area contributed by atoms with Crippen LogP contribution in [0.25, 0.3) is 0 Å². The molecule has 0 aromatic rings. The molecule has 0 bridgehead atoms. The van der Waals surface area contributed by atoms with Crippen LogP contribution in [0.2, 0.25) is 0 Å². The lowest BCUT2D eigenvalue weighted by Gasteiger charge is -2.65. The minimum absolute atomic E-state index is 0.368. The molecule has 0 aromatic carbocycles. The van der Waals surface area contributed by atoms with Gasteiger partial charge in [-0.3, -0.25) is 0 Å². The minimum atomic E-state index is 0.368. The van der Waals surface area contributed by atoms with Gasteiger partial charge in [0.2, 0.25) is 0 Å². The lowest BCUT2D eigenvalue weighted by molar-refractivity contribution is -0.191. The number of methoxy groups -OCH3 is 1. The van der Waals surface area contributed by atoms with E-state index in [1.807, 2.05) is 7.11 Å². The monoisotopic (exact) mass is 428 g/mol. The molecule has 1 nitrogen and oxygen atoms in total. The van der Waals surface area contributed by atoms with Crippen LogP contribution in [-0.4, -0.2) is 13.2 Å². The van der Waals surface area contributed by atoms with E-state index >= 15 is 0 Å². The number of fused-ring (bicyclic) bond motifs is 5. The van der Waals surface area contributed by atoms with Gasteiger partial charge >= 0.3 is 0 Å². The molecule has 4 aliphatic carbocycles. The molecule has 4 fully saturated rings. The molecule has 31 heavy (non-hydrogen) atoms. The SMILES string of the molecule is C/C=C\CCC(C)C1CCC2C3CCC4C(C)(CC)C(OC)CCC4(C)C3CCC12C. The number of allylic oxidation sites excluding steroid dienone is 2. The second-order valence-electron chi connectivity index (χ2n) is 13.0. The van der Waals surface area contributed by atoms with Gasteiger partial charge in [-0.15, -0.1) is 0 Å². The number of rotatable bonds is 6. The van der Waals surface area contributed by atoms with Gasteiger partial charge in [0, 0.05) is 7.11 Å². The molecule has 0 N–H and O–H groups in total. The molecule has 0 amide bonds. The summed E-state index contributed by atoms with van der Waals surface area (Å²) in [5.74, 6) is 5.64. The van der Waals surface area contributed by atoms with E-state index in [2.05, 4.69) is 53.7 Å². The van der Waals surface area contributed by atoms with Crippen molar-refractivity contribution < 1.29 is 4.74 Å². The van der Waals surface area contributed by atoms with Crippen LogP contribution in [0.5, 0.6) is 0 Å². The van der Waals surface area contributed by atoms with E-state index < -0.39 is 0 Å². The molecular formula is C30H52O. The Morgan fingerprint density at radius 2 is 1.65 bits per heavy atom. The summed E-state index contributed by atoms with van der Waals surface area (Å²) in [5, 5.41) is 0. The zero-order chi connectivity index (χ0) is 22.4. The van der Waals surface area contributed by atoms with Crippen molar-refractivity contribution in [3.8, 4) is 0 Å². The highest BCUT2D eigenvalue weighted by Crippen LogP contribution is 2.70. The molecule has 178 valence electrons. The molecule has 0 radical (unpaired) electrons. The quantitative estimate of drug-likeness (QED) is 0.384. The van der Waals surface area contributed by atoms with Crippen LogP contribution < -0.4 is 0 Å². The second-order valence-corrected chi connectivity index (χ2v) is 13.0. The van der Waals surface area contributed by atoms with Gasteiger partial charge in [0.05, 0.1) is 6.10 Å². The molecule has 4 saturated carbocycles. The summed E-state index contributed by atoms with van der Waals surface area (Å²) in [7, 11) is 1.97. The summed E-state index contributed by atoms with van der Waals surface area (Å²) in [6, 6.07) is 0. The Kier molecular flexibility index (Phi) is 6.78. The van der Waals surface area contributed by atoms with Crippen LogP contribution in [0.15, 0.2) is 12.2 Å². The highest BCUT2D eigenvalue weighted by atomic mass is 16.5. The highest BCUT2D eigenvalue weighted by Gasteiger charge is 2.63. The third-order valence-electron chi connectivity index (χ3n) is 12.2. The fraction of sp³-hybridized carbons (Fsp3) is 0.933. The predicted octanol–water partition coefficient (Wildman–Crippen LogP) is 8.68. The molecule has 4 aliphatic rings. The topological polar surface area (TPSA) is 9.23 Å². The van der Waals surface area contributed by atoms with Crippen molar-refractivity contribution in [3.05, 3.63) is 12.2 Å². The van der Waals surface area contributed by atoms with Gasteiger partial charge in [-0.05, 0) is 129 Å². The summed E-state index contributed by atoms with van der Waals surface area (Å²) < 4.78 is 6.09. The second kappa shape index (κ2) is 8.81. The molecule has 0 aromatic heterocycles. The Hall–Kier alpha value is -0.300. The molecule has 1 heteroatoms. The van der Waals surface area contributed by atoms with Crippen LogP contribution in [-0.2, 0) is 4.74 Å². The fourth-order valence-corrected chi connectivity index (χ4v) is 10.5. The Morgan fingerprint density at radius 3 is 2.32 bits per heavy atom. The average Bonchev–Trinajstić information content (AvgIpc) is 3.11. The van der Waals surface area contributed by atoms with Crippen LogP contribution in [0, 0.1) is 51.8 Å². The van der Waals surface area contributed by atoms with Gasteiger partial charge in [0.15, 0.2) is 0 Å². The maximum absolute atomic E-state index is 6.09. The van der Waals surface area contributed by atoms with E-state index in [9.17, 15) is 0 Å². The summed E-state index contributed by atoms with van der Waals surface area (Å²) in [6.45, 7) is 15.2. The van der Waals surface area contributed by atoms with E-state index in [0.29, 0.717) is 22.3 Å². The van der Waals surface area contributed by atoms with Crippen molar-refractivity contribution in [2.75, 3.05) is 7.11 Å². The van der Waals surface area contributed by atoms with Crippen LogP contribution in [0.1, 0.15) is 112 Å². The Labute approximate surface area is 194 Å². The summed E-state index contributed by atoms with van der Waals surface area (Å²) in [6.07, 6.45) is 20.7. The normalized spacial score (nSPS) is 50.7. The van der Waals surface area contributed by atoms with E-state index in [1.54, 1.807) is 0 Å². The summed E-state index contributed by atoms with van der Waals surface area (Å²) in [4.78, 5) is 0. The minimum Gasteiger partial charge on any atom is -0.381 e. The number of hydrogen-bond acceptors (Lipinski definition) is 1. The van der Waals surface area contributed by atoms with Crippen molar-refractivity contribution >= 4 is 0 Å². The van der Waals surface area contributed by atoms with Crippen molar-refractivity contribution in [2.24, 2.45) is 51.8 Å². The van der Waals surface area contributed by atoms with Crippen LogP contribution in [0.3, 0.4) is 0 Å². The third kappa shape index (κ3) is 3.59. The van der Waals surface area contributed by atoms with Gasteiger partial charge in [0.1, 0.15) is 0 Å². The predicted molar refractivity (Wildman–Crippen MR) is 133 cm³/mol. The van der Waals surface area contributed by atoms with E-state index in [-0.39, 0.29) is 0 Å². The largest absolute Gasteiger partial charge is 0.381 e. The molecule has 4 rings (SSSR count). The molecule has 0 spiro atoms. The van der Waals surface area contributed by atoms with E-state index in [4.69, 9.17) is 4.74 Å². The first kappa shape index (κ1) is 23.8. The molecule has 0 aliphatic heterocycles. The van der Waals surface area contributed by atoms with Crippen LogP contribution in [0.4, 0.5) is 0 Å². The summed E-state index contributed by atoms with van der Waals surface area (Å²) >= 11 is 0. The molecule has 0 saturated heterocycles. The fourth-order valence-electron chi connectivity index (χ4n) is 10.5.